The fourth-order valence-electron chi connectivity index (χ4n) is 2.48. The standard InChI is InChI=1S/C19H22BrNO6S/c1-5-25-14-8-12(7-13(20)17(14)27-10-16(22)26-6-2)9-15-18(23)21(11(3)4)19(24)28-15/h7-9,11H,5-6,10H2,1-4H3/b15-9+. The molecule has 2 rings (SSSR count). The number of nitrogens with zero attached hydrogens (tertiary/aromatic N) is 1. The molecule has 7 nitrogen and oxygen atoms in total. The predicted octanol–water partition coefficient (Wildman–Crippen LogP) is 4.23. The molecule has 152 valence electrons. The SMILES string of the molecule is CCOC(=O)COc1c(Br)cc(/C=C2/SC(=O)N(C(C)C)C2=O)cc1OCC. The molecule has 0 aromatic heterocycles. The molecule has 0 atom stereocenters. The van der Waals surface area contributed by atoms with Gasteiger partial charge < -0.3 is 14.2 Å². The van der Waals surface area contributed by atoms with Gasteiger partial charge in [0.2, 0.25) is 0 Å². The number of halogens is 1. The topological polar surface area (TPSA) is 82.1 Å². The van der Waals surface area contributed by atoms with Crippen LogP contribution >= 0.6 is 27.7 Å². The van der Waals surface area contributed by atoms with E-state index in [9.17, 15) is 14.4 Å². The van der Waals surface area contributed by atoms with Gasteiger partial charge in [0.05, 0.1) is 22.6 Å². The summed E-state index contributed by atoms with van der Waals surface area (Å²) in [6, 6.07) is 3.22. The maximum absolute atomic E-state index is 12.5. The summed E-state index contributed by atoms with van der Waals surface area (Å²) in [6.07, 6.45) is 1.63. The zero-order chi connectivity index (χ0) is 20.8. The summed E-state index contributed by atoms with van der Waals surface area (Å²) in [6.45, 7) is 7.52. The summed E-state index contributed by atoms with van der Waals surface area (Å²) >= 11 is 4.32. The van der Waals surface area contributed by atoms with E-state index in [0.717, 1.165) is 11.8 Å². The van der Waals surface area contributed by atoms with E-state index < -0.39 is 5.97 Å². The Labute approximate surface area is 176 Å². The summed E-state index contributed by atoms with van der Waals surface area (Å²) in [5.41, 5.74) is 0.660. The highest BCUT2D eigenvalue weighted by atomic mass is 79.9. The average molecular weight is 472 g/mol. The number of thioether (sulfide) groups is 1. The monoisotopic (exact) mass is 471 g/mol. The third-order valence-corrected chi connectivity index (χ3v) is 5.08. The molecule has 0 unspecified atom stereocenters. The molecule has 0 aliphatic carbocycles. The lowest BCUT2D eigenvalue weighted by Gasteiger charge is -2.16. The first-order valence-corrected chi connectivity index (χ1v) is 10.4. The summed E-state index contributed by atoms with van der Waals surface area (Å²) in [5, 5.41) is -0.287. The highest BCUT2D eigenvalue weighted by Gasteiger charge is 2.36. The molecule has 1 aromatic carbocycles. The molecule has 0 spiro atoms. The first-order chi connectivity index (χ1) is 13.3. The van der Waals surface area contributed by atoms with E-state index in [1.165, 1.54) is 4.90 Å². The number of ether oxygens (including phenoxy) is 3. The van der Waals surface area contributed by atoms with Gasteiger partial charge in [-0.05, 0) is 79.2 Å². The molecule has 0 radical (unpaired) electrons. The molecule has 0 bridgehead atoms. The van der Waals surface area contributed by atoms with Crippen molar-refractivity contribution in [3.63, 3.8) is 0 Å². The largest absolute Gasteiger partial charge is 0.490 e. The van der Waals surface area contributed by atoms with Gasteiger partial charge in [0.1, 0.15) is 0 Å². The van der Waals surface area contributed by atoms with Crippen LogP contribution in [-0.4, -0.2) is 47.9 Å². The van der Waals surface area contributed by atoms with Gasteiger partial charge in [0.25, 0.3) is 11.1 Å². The molecule has 1 fully saturated rings. The Morgan fingerprint density at radius 1 is 1.21 bits per heavy atom. The molecule has 1 saturated heterocycles. The zero-order valence-electron chi connectivity index (χ0n) is 16.1. The smallest absolute Gasteiger partial charge is 0.344 e. The van der Waals surface area contributed by atoms with Crippen molar-refractivity contribution in [1.82, 2.24) is 4.90 Å². The maximum atomic E-state index is 12.5. The molecule has 28 heavy (non-hydrogen) atoms. The van der Waals surface area contributed by atoms with Crippen LogP contribution in [-0.2, 0) is 14.3 Å². The van der Waals surface area contributed by atoms with Crippen molar-refractivity contribution in [3.8, 4) is 11.5 Å². The van der Waals surface area contributed by atoms with Crippen LogP contribution in [0.25, 0.3) is 6.08 Å². The van der Waals surface area contributed by atoms with Gasteiger partial charge in [0.15, 0.2) is 18.1 Å². The van der Waals surface area contributed by atoms with Crippen LogP contribution in [0.5, 0.6) is 11.5 Å². The van der Waals surface area contributed by atoms with Crippen LogP contribution in [0.2, 0.25) is 0 Å². The predicted molar refractivity (Wildman–Crippen MR) is 110 cm³/mol. The number of carbonyl (C=O) groups excluding carboxylic acids is 3. The van der Waals surface area contributed by atoms with Crippen LogP contribution in [0.1, 0.15) is 33.3 Å². The van der Waals surface area contributed by atoms with Crippen LogP contribution < -0.4 is 9.47 Å². The molecule has 1 aromatic rings. The maximum Gasteiger partial charge on any atom is 0.344 e. The van der Waals surface area contributed by atoms with E-state index in [2.05, 4.69) is 15.9 Å². The average Bonchev–Trinajstić information content (AvgIpc) is 2.88. The van der Waals surface area contributed by atoms with E-state index in [1.54, 1.807) is 39.0 Å². The second kappa shape index (κ2) is 9.97. The highest BCUT2D eigenvalue weighted by molar-refractivity contribution is 9.10. The van der Waals surface area contributed by atoms with E-state index in [-0.39, 0.29) is 30.4 Å². The summed E-state index contributed by atoms with van der Waals surface area (Å²) < 4.78 is 16.6. The lowest BCUT2D eigenvalue weighted by Crippen LogP contribution is -2.34. The lowest BCUT2D eigenvalue weighted by molar-refractivity contribution is -0.145. The number of benzene rings is 1. The van der Waals surface area contributed by atoms with Gasteiger partial charge in [-0.1, -0.05) is 0 Å². The minimum atomic E-state index is -0.483. The number of rotatable bonds is 8. The molecule has 1 aliphatic rings. The third-order valence-electron chi connectivity index (χ3n) is 3.61. The Kier molecular flexibility index (Phi) is 7.94. The summed E-state index contributed by atoms with van der Waals surface area (Å²) in [7, 11) is 0. The molecule has 2 amide bonds. The summed E-state index contributed by atoms with van der Waals surface area (Å²) in [5.74, 6) is -0.0251. The molecule has 0 saturated carbocycles. The number of imide groups is 1. The Morgan fingerprint density at radius 3 is 2.50 bits per heavy atom. The molecular formula is C19H22BrNO6S. The van der Waals surface area contributed by atoms with Crippen LogP contribution in [0.15, 0.2) is 21.5 Å². The van der Waals surface area contributed by atoms with Crippen molar-refractivity contribution >= 4 is 50.9 Å². The van der Waals surface area contributed by atoms with Crippen molar-refractivity contribution in [2.75, 3.05) is 19.8 Å². The Morgan fingerprint density at radius 2 is 1.93 bits per heavy atom. The number of carbonyl (C=O) groups is 3. The number of esters is 1. The van der Waals surface area contributed by atoms with E-state index >= 15 is 0 Å². The molecule has 1 heterocycles. The second-order valence-corrected chi connectivity index (χ2v) is 7.85. The highest BCUT2D eigenvalue weighted by Crippen LogP contribution is 2.39. The van der Waals surface area contributed by atoms with E-state index in [0.29, 0.717) is 33.0 Å². The van der Waals surface area contributed by atoms with Crippen LogP contribution in [0, 0.1) is 0 Å². The normalized spacial score (nSPS) is 15.5. The van der Waals surface area contributed by atoms with Gasteiger partial charge in [0, 0.05) is 6.04 Å². The third kappa shape index (κ3) is 5.29. The van der Waals surface area contributed by atoms with Crippen molar-refractivity contribution in [3.05, 3.63) is 27.1 Å². The van der Waals surface area contributed by atoms with Gasteiger partial charge in [-0.25, -0.2) is 4.79 Å². The van der Waals surface area contributed by atoms with E-state index in [4.69, 9.17) is 14.2 Å². The Bertz CT molecular complexity index is 808. The van der Waals surface area contributed by atoms with Crippen molar-refractivity contribution in [1.29, 1.82) is 0 Å². The quantitative estimate of drug-likeness (QED) is 0.414. The van der Waals surface area contributed by atoms with Crippen LogP contribution in [0.3, 0.4) is 0 Å². The molecule has 1 aliphatic heterocycles. The van der Waals surface area contributed by atoms with Gasteiger partial charge in [-0.2, -0.15) is 0 Å². The number of hydrogen-bond acceptors (Lipinski definition) is 7. The minimum Gasteiger partial charge on any atom is -0.490 e. The number of amides is 2. The molecule has 9 heteroatoms. The van der Waals surface area contributed by atoms with Crippen molar-refractivity contribution in [2.24, 2.45) is 0 Å². The van der Waals surface area contributed by atoms with Gasteiger partial charge in [-0.15, -0.1) is 0 Å². The van der Waals surface area contributed by atoms with Crippen molar-refractivity contribution in [2.45, 2.75) is 33.7 Å². The Balaban J connectivity index is 2.31. The fraction of sp³-hybridized carbons (Fsp3) is 0.421. The first kappa shape index (κ1) is 22.3. The second-order valence-electron chi connectivity index (χ2n) is 6.00. The molecule has 0 N–H and O–H groups in total. The van der Waals surface area contributed by atoms with Crippen molar-refractivity contribution < 1.29 is 28.6 Å². The van der Waals surface area contributed by atoms with E-state index in [1.807, 2.05) is 6.92 Å². The van der Waals surface area contributed by atoms with Gasteiger partial charge in [-0.3, -0.25) is 14.5 Å². The van der Waals surface area contributed by atoms with Crippen LogP contribution in [0.4, 0.5) is 4.79 Å². The lowest BCUT2D eigenvalue weighted by atomic mass is 10.1. The first-order valence-electron chi connectivity index (χ1n) is 8.80. The minimum absolute atomic E-state index is 0.206. The van der Waals surface area contributed by atoms with Gasteiger partial charge >= 0.3 is 5.97 Å². The Hall–Kier alpha value is -2.00. The zero-order valence-corrected chi connectivity index (χ0v) is 18.5. The summed E-state index contributed by atoms with van der Waals surface area (Å²) in [4.78, 5) is 37.6. The number of hydrogen-bond donors (Lipinski definition) is 0. The fourth-order valence-corrected chi connectivity index (χ4v) is 4.02. The molecular weight excluding hydrogens is 450 g/mol.